The Labute approximate surface area is 196 Å². The smallest absolute Gasteiger partial charge is 0.323 e. The van der Waals surface area contributed by atoms with Crippen molar-refractivity contribution < 1.29 is 19.4 Å². The van der Waals surface area contributed by atoms with Crippen LogP contribution in [0.5, 0.6) is 0 Å². The molecule has 1 rings (SSSR count). The average Bonchev–Trinajstić information content (AvgIpc) is 2.75. The van der Waals surface area contributed by atoms with Crippen molar-refractivity contribution >= 4 is 11.9 Å². The number of carboxylic acid groups (broad SMARTS) is 1. The first-order chi connectivity index (χ1) is 15.3. The molecule has 0 amide bonds. The summed E-state index contributed by atoms with van der Waals surface area (Å²) in [4.78, 5) is 25.5. The molecule has 0 atom stereocenters. The maximum Gasteiger partial charge on any atom is 0.323 e. The summed E-state index contributed by atoms with van der Waals surface area (Å²) in [5.74, 6) is -0.216. The van der Waals surface area contributed by atoms with Crippen molar-refractivity contribution in [2.24, 2.45) is 17.3 Å². The van der Waals surface area contributed by atoms with Crippen LogP contribution in [0.2, 0.25) is 0 Å². The molecule has 0 fully saturated rings. The third-order valence-electron chi connectivity index (χ3n) is 6.28. The third kappa shape index (κ3) is 11.2. The Morgan fingerprint density at radius 2 is 1.25 bits per heavy atom. The molecule has 0 aliphatic heterocycles. The highest BCUT2D eigenvalue weighted by atomic mass is 16.5. The van der Waals surface area contributed by atoms with E-state index in [0.717, 1.165) is 56.9 Å². The molecule has 0 aromatic heterocycles. The summed E-state index contributed by atoms with van der Waals surface area (Å²) in [6.07, 6.45) is 11.0. The molecule has 182 valence electrons. The number of benzene rings is 1. The molecule has 1 aromatic rings. The highest BCUT2D eigenvalue weighted by Gasteiger charge is 2.46. The van der Waals surface area contributed by atoms with Gasteiger partial charge in [-0.2, -0.15) is 0 Å². The minimum absolute atomic E-state index is 0.123. The van der Waals surface area contributed by atoms with Crippen molar-refractivity contribution in [3.05, 3.63) is 35.9 Å². The second-order valence-corrected chi connectivity index (χ2v) is 10.1. The van der Waals surface area contributed by atoms with E-state index in [4.69, 9.17) is 4.74 Å². The van der Waals surface area contributed by atoms with Gasteiger partial charge in [0.15, 0.2) is 5.41 Å². The van der Waals surface area contributed by atoms with E-state index in [1.165, 1.54) is 12.8 Å². The second-order valence-electron chi connectivity index (χ2n) is 10.1. The van der Waals surface area contributed by atoms with Gasteiger partial charge in [-0.05, 0) is 30.2 Å². The van der Waals surface area contributed by atoms with Crippen LogP contribution in [-0.2, 0) is 20.9 Å². The molecule has 0 saturated carbocycles. The molecule has 1 aromatic carbocycles. The molecule has 0 unspecified atom stereocenters. The van der Waals surface area contributed by atoms with Crippen LogP contribution in [0.1, 0.15) is 110 Å². The first kappa shape index (κ1) is 28.2. The van der Waals surface area contributed by atoms with Crippen LogP contribution in [0.3, 0.4) is 0 Å². The van der Waals surface area contributed by atoms with Crippen LogP contribution >= 0.6 is 0 Å². The minimum Gasteiger partial charge on any atom is -0.480 e. The van der Waals surface area contributed by atoms with Gasteiger partial charge in [0.25, 0.3) is 0 Å². The molecule has 0 aliphatic carbocycles. The van der Waals surface area contributed by atoms with Crippen molar-refractivity contribution in [3.63, 3.8) is 0 Å². The van der Waals surface area contributed by atoms with Crippen molar-refractivity contribution in [2.75, 3.05) is 0 Å². The fourth-order valence-electron chi connectivity index (χ4n) is 4.16. The van der Waals surface area contributed by atoms with Crippen molar-refractivity contribution in [3.8, 4) is 0 Å². The Hall–Kier alpha value is -1.84. The Morgan fingerprint density at radius 1 is 0.781 bits per heavy atom. The van der Waals surface area contributed by atoms with Gasteiger partial charge in [0.05, 0.1) is 0 Å². The average molecular weight is 447 g/mol. The van der Waals surface area contributed by atoms with E-state index in [0.29, 0.717) is 24.7 Å². The van der Waals surface area contributed by atoms with Gasteiger partial charge in [-0.1, -0.05) is 122 Å². The van der Waals surface area contributed by atoms with Gasteiger partial charge in [0.2, 0.25) is 0 Å². The van der Waals surface area contributed by atoms with Crippen LogP contribution in [0.4, 0.5) is 0 Å². The van der Waals surface area contributed by atoms with Gasteiger partial charge in [0.1, 0.15) is 6.61 Å². The first-order valence-corrected chi connectivity index (χ1v) is 12.7. The molecule has 0 aliphatic rings. The fourth-order valence-corrected chi connectivity index (χ4v) is 4.16. The Balaban J connectivity index is 2.70. The highest BCUT2D eigenvalue weighted by Crippen LogP contribution is 2.34. The van der Waals surface area contributed by atoms with Gasteiger partial charge in [-0.15, -0.1) is 0 Å². The monoisotopic (exact) mass is 446 g/mol. The zero-order valence-electron chi connectivity index (χ0n) is 20.9. The fraction of sp³-hybridized carbons (Fsp3) is 0.714. The van der Waals surface area contributed by atoms with Crippen LogP contribution in [-0.4, -0.2) is 17.0 Å². The van der Waals surface area contributed by atoms with Crippen molar-refractivity contribution in [1.82, 2.24) is 0 Å². The predicted octanol–water partition coefficient (Wildman–Crippen LogP) is 7.79. The van der Waals surface area contributed by atoms with Crippen molar-refractivity contribution in [1.29, 1.82) is 0 Å². The molecule has 4 heteroatoms. The maximum absolute atomic E-state index is 13.1. The van der Waals surface area contributed by atoms with E-state index in [-0.39, 0.29) is 6.61 Å². The molecule has 0 saturated heterocycles. The SMILES string of the molecule is CC(C)CCCCCCC(CCCCCCC(C)C)(C(=O)O)C(=O)OCc1ccccc1. The largest absolute Gasteiger partial charge is 0.480 e. The van der Waals surface area contributed by atoms with Crippen LogP contribution < -0.4 is 0 Å². The standard InChI is InChI=1S/C28H46O4/c1-23(2)16-10-5-7-14-20-28(26(29)30,21-15-8-6-11-17-24(3)4)27(31)32-22-25-18-12-9-13-19-25/h9,12-13,18-19,23-24H,5-8,10-11,14-17,20-22H2,1-4H3,(H,29,30). The number of esters is 1. The summed E-state index contributed by atoms with van der Waals surface area (Å²) in [5.41, 5.74) is -0.548. The number of rotatable bonds is 18. The number of unbranched alkanes of at least 4 members (excludes halogenated alkanes) is 6. The number of hydrogen-bond acceptors (Lipinski definition) is 3. The first-order valence-electron chi connectivity index (χ1n) is 12.7. The molecule has 0 spiro atoms. The van der Waals surface area contributed by atoms with E-state index < -0.39 is 17.4 Å². The molecule has 4 nitrogen and oxygen atoms in total. The molecular weight excluding hydrogens is 400 g/mol. The topological polar surface area (TPSA) is 63.6 Å². The van der Waals surface area contributed by atoms with E-state index in [2.05, 4.69) is 27.7 Å². The number of carbonyl (C=O) groups excluding carboxylic acids is 1. The lowest BCUT2D eigenvalue weighted by Gasteiger charge is -2.27. The summed E-state index contributed by atoms with van der Waals surface area (Å²) in [6.45, 7) is 9.01. The summed E-state index contributed by atoms with van der Waals surface area (Å²) in [7, 11) is 0. The van der Waals surface area contributed by atoms with E-state index in [1.54, 1.807) is 0 Å². The molecule has 0 bridgehead atoms. The van der Waals surface area contributed by atoms with E-state index in [1.807, 2.05) is 30.3 Å². The number of carboxylic acids is 1. The normalized spacial score (nSPS) is 11.8. The quantitative estimate of drug-likeness (QED) is 0.142. The van der Waals surface area contributed by atoms with Gasteiger partial charge >= 0.3 is 11.9 Å². The molecule has 0 radical (unpaired) electrons. The number of ether oxygens (including phenoxy) is 1. The van der Waals surface area contributed by atoms with Crippen LogP contribution in [0, 0.1) is 17.3 Å². The number of hydrogen-bond donors (Lipinski definition) is 1. The lowest BCUT2D eigenvalue weighted by molar-refractivity contribution is -0.171. The van der Waals surface area contributed by atoms with E-state index >= 15 is 0 Å². The third-order valence-corrected chi connectivity index (χ3v) is 6.28. The highest BCUT2D eigenvalue weighted by molar-refractivity contribution is 5.99. The summed E-state index contributed by atoms with van der Waals surface area (Å²) in [6, 6.07) is 9.47. The minimum atomic E-state index is -1.43. The van der Waals surface area contributed by atoms with Crippen molar-refractivity contribution in [2.45, 2.75) is 111 Å². The Bertz CT molecular complexity index is 616. The summed E-state index contributed by atoms with van der Waals surface area (Å²) >= 11 is 0. The molecular formula is C28H46O4. The number of aliphatic carboxylic acids is 1. The lowest BCUT2D eigenvalue weighted by Crippen LogP contribution is -2.41. The van der Waals surface area contributed by atoms with Crippen LogP contribution in [0.15, 0.2) is 30.3 Å². The Kier molecular flexibility index (Phi) is 14.0. The van der Waals surface area contributed by atoms with Gasteiger partial charge in [0, 0.05) is 0 Å². The zero-order chi connectivity index (χ0) is 23.8. The van der Waals surface area contributed by atoms with E-state index in [9.17, 15) is 14.7 Å². The van der Waals surface area contributed by atoms with Gasteiger partial charge in [-0.3, -0.25) is 9.59 Å². The second kappa shape index (κ2) is 15.9. The van der Waals surface area contributed by atoms with Gasteiger partial charge < -0.3 is 9.84 Å². The Morgan fingerprint density at radius 3 is 1.69 bits per heavy atom. The summed E-state index contributed by atoms with van der Waals surface area (Å²) in [5, 5.41) is 10.1. The lowest BCUT2D eigenvalue weighted by atomic mass is 9.77. The molecule has 0 heterocycles. The molecule has 32 heavy (non-hydrogen) atoms. The maximum atomic E-state index is 13.1. The zero-order valence-corrected chi connectivity index (χ0v) is 20.9. The van der Waals surface area contributed by atoms with Gasteiger partial charge in [-0.25, -0.2) is 0 Å². The molecule has 1 N–H and O–H groups in total. The number of carbonyl (C=O) groups is 2. The van der Waals surface area contributed by atoms with Crippen LogP contribution in [0.25, 0.3) is 0 Å². The predicted molar refractivity (Wildman–Crippen MR) is 131 cm³/mol. The summed E-state index contributed by atoms with van der Waals surface area (Å²) < 4.78 is 5.55.